The molecule has 5 heteroatoms. The monoisotopic (exact) mass is 300 g/mol. The second-order valence-electron chi connectivity index (χ2n) is 6.79. The van der Waals surface area contributed by atoms with Gasteiger partial charge >= 0.3 is 0 Å². The predicted octanol–water partition coefficient (Wildman–Crippen LogP) is 1.78. The average Bonchev–Trinajstić information content (AvgIpc) is 2.44. The van der Waals surface area contributed by atoms with Crippen molar-refractivity contribution in [2.75, 3.05) is 18.6 Å². The normalized spacial score (nSPS) is 36.6. The van der Waals surface area contributed by atoms with E-state index in [1.165, 1.54) is 0 Å². The third-order valence-corrected chi connectivity index (χ3v) is 5.84. The van der Waals surface area contributed by atoms with E-state index in [0.717, 1.165) is 31.6 Å². The molecular formula is C15H28N2O2S. The predicted molar refractivity (Wildman–Crippen MR) is 83.8 cm³/mol. The molecule has 4 nitrogen and oxygen atoms in total. The van der Waals surface area contributed by atoms with Crippen molar-refractivity contribution in [3.63, 3.8) is 0 Å². The zero-order chi connectivity index (χ0) is 15.0. The summed E-state index contributed by atoms with van der Waals surface area (Å²) in [5.41, 5.74) is 5.48. The van der Waals surface area contributed by atoms with E-state index in [1.54, 1.807) is 11.8 Å². The first-order chi connectivity index (χ1) is 9.35. The lowest BCUT2D eigenvalue weighted by atomic mass is 9.46. The summed E-state index contributed by atoms with van der Waals surface area (Å²) in [6.45, 7) is 6.97. The number of rotatable bonds is 5. The van der Waals surface area contributed by atoms with Crippen LogP contribution < -0.4 is 11.1 Å². The minimum Gasteiger partial charge on any atom is -0.377 e. The Bertz CT molecular complexity index is 375. The smallest absolute Gasteiger partial charge is 0.241 e. The lowest BCUT2D eigenvalue weighted by Crippen LogP contribution is -2.82. The van der Waals surface area contributed by atoms with Crippen molar-refractivity contribution in [3.8, 4) is 0 Å². The van der Waals surface area contributed by atoms with Crippen LogP contribution in [0.25, 0.3) is 0 Å². The number of carbonyl (C=O) groups excluding carboxylic acids is 1. The van der Waals surface area contributed by atoms with E-state index in [4.69, 9.17) is 10.5 Å². The molecule has 2 fully saturated rings. The van der Waals surface area contributed by atoms with E-state index >= 15 is 0 Å². The molecule has 4 unspecified atom stereocenters. The van der Waals surface area contributed by atoms with Crippen LogP contribution in [0.4, 0.5) is 0 Å². The molecule has 4 atom stereocenters. The molecular weight excluding hydrogens is 272 g/mol. The van der Waals surface area contributed by atoms with Gasteiger partial charge in [0.05, 0.1) is 6.10 Å². The summed E-state index contributed by atoms with van der Waals surface area (Å²) >= 11 is 1.80. The van der Waals surface area contributed by atoms with Crippen LogP contribution in [0.1, 0.15) is 40.0 Å². The van der Waals surface area contributed by atoms with Gasteiger partial charge < -0.3 is 15.8 Å². The number of thioether (sulfide) groups is 1. The van der Waals surface area contributed by atoms with Crippen LogP contribution in [0.3, 0.4) is 0 Å². The summed E-state index contributed by atoms with van der Waals surface area (Å²) in [4.78, 5) is 12.7. The van der Waals surface area contributed by atoms with Gasteiger partial charge in [-0.25, -0.2) is 0 Å². The number of nitrogens with two attached hydrogens (primary N) is 1. The van der Waals surface area contributed by atoms with Gasteiger partial charge in [0.2, 0.25) is 5.91 Å². The molecule has 20 heavy (non-hydrogen) atoms. The fourth-order valence-electron chi connectivity index (χ4n) is 3.75. The van der Waals surface area contributed by atoms with Gasteiger partial charge in [-0.05, 0) is 38.2 Å². The number of carbonyl (C=O) groups is 1. The van der Waals surface area contributed by atoms with Crippen LogP contribution in [0, 0.1) is 11.3 Å². The zero-order valence-electron chi connectivity index (χ0n) is 13.1. The Hall–Kier alpha value is -0.260. The molecule has 1 heterocycles. The first kappa shape index (κ1) is 16.1. The summed E-state index contributed by atoms with van der Waals surface area (Å²) in [7, 11) is 0. The van der Waals surface area contributed by atoms with Crippen molar-refractivity contribution >= 4 is 17.7 Å². The average molecular weight is 300 g/mol. The summed E-state index contributed by atoms with van der Waals surface area (Å²) in [5, 5.41) is 3.11. The minimum atomic E-state index is -0.786. The zero-order valence-corrected chi connectivity index (χ0v) is 13.9. The number of hydrogen-bond acceptors (Lipinski definition) is 4. The second-order valence-corrected chi connectivity index (χ2v) is 7.77. The topological polar surface area (TPSA) is 64.4 Å². The maximum atomic E-state index is 12.7. The van der Waals surface area contributed by atoms with Crippen LogP contribution in [-0.4, -0.2) is 42.2 Å². The van der Waals surface area contributed by atoms with Gasteiger partial charge in [-0.1, -0.05) is 13.8 Å². The minimum absolute atomic E-state index is 0.00264. The molecule has 1 aliphatic carbocycles. The molecule has 0 radical (unpaired) electrons. The van der Waals surface area contributed by atoms with Crippen molar-refractivity contribution in [1.82, 2.24) is 5.32 Å². The van der Waals surface area contributed by atoms with Gasteiger partial charge in [-0.15, -0.1) is 0 Å². The Balaban J connectivity index is 2.03. The van der Waals surface area contributed by atoms with Gasteiger partial charge in [0, 0.05) is 24.0 Å². The number of ether oxygens (including phenoxy) is 1. The van der Waals surface area contributed by atoms with Crippen LogP contribution in [0.15, 0.2) is 0 Å². The van der Waals surface area contributed by atoms with Gasteiger partial charge in [-0.2, -0.15) is 11.8 Å². The van der Waals surface area contributed by atoms with Crippen molar-refractivity contribution in [2.45, 2.75) is 57.7 Å². The van der Waals surface area contributed by atoms with Crippen LogP contribution in [0.5, 0.6) is 0 Å². The van der Waals surface area contributed by atoms with E-state index in [9.17, 15) is 4.79 Å². The highest BCUT2D eigenvalue weighted by molar-refractivity contribution is 7.98. The first-order valence-electron chi connectivity index (χ1n) is 7.56. The van der Waals surface area contributed by atoms with E-state index < -0.39 is 5.54 Å². The van der Waals surface area contributed by atoms with Crippen molar-refractivity contribution in [2.24, 2.45) is 17.1 Å². The highest BCUT2D eigenvalue weighted by atomic mass is 32.2. The SMILES string of the molecule is CSCCC(C)NC(=O)C1(N)C2CCCOC2C1(C)C. The summed E-state index contributed by atoms with van der Waals surface area (Å²) in [5.74, 6) is 1.22. The Labute approximate surface area is 126 Å². The molecule has 0 bridgehead atoms. The Kier molecular flexibility index (Phi) is 4.72. The molecule has 2 rings (SSSR count). The highest BCUT2D eigenvalue weighted by Crippen LogP contribution is 2.57. The lowest BCUT2D eigenvalue weighted by Gasteiger charge is -2.65. The quantitative estimate of drug-likeness (QED) is 0.812. The third kappa shape index (κ3) is 2.38. The number of amides is 1. The molecule has 1 saturated heterocycles. The summed E-state index contributed by atoms with van der Waals surface area (Å²) < 4.78 is 5.84. The highest BCUT2D eigenvalue weighted by Gasteiger charge is 2.70. The molecule has 1 amide bonds. The van der Waals surface area contributed by atoms with Gasteiger partial charge in [0.25, 0.3) is 0 Å². The molecule has 2 aliphatic rings. The van der Waals surface area contributed by atoms with Crippen molar-refractivity contribution in [1.29, 1.82) is 0 Å². The van der Waals surface area contributed by atoms with Gasteiger partial charge in [0.1, 0.15) is 5.54 Å². The lowest BCUT2D eigenvalue weighted by molar-refractivity contribution is -0.225. The molecule has 3 N–H and O–H groups in total. The molecule has 1 aliphatic heterocycles. The van der Waals surface area contributed by atoms with Crippen LogP contribution in [0.2, 0.25) is 0 Å². The Morgan fingerprint density at radius 1 is 1.55 bits per heavy atom. The molecule has 116 valence electrons. The Morgan fingerprint density at radius 3 is 2.90 bits per heavy atom. The fourth-order valence-corrected chi connectivity index (χ4v) is 4.34. The molecule has 1 saturated carbocycles. The van der Waals surface area contributed by atoms with Gasteiger partial charge in [-0.3, -0.25) is 4.79 Å². The molecule has 0 aromatic rings. The second kappa shape index (κ2) is 5.85. The van der Waals surface area contributed by atoms with E-state index in [1.807, 2.05) is 0 Å². The fraction of sp³-hybridized carbons (Fsp3) is 0.933. The molecule has 0 aromatic carbocycles. The standard InChI is InChI=1S/C15H28N2O2S/c1-10(7-9-20-4)17-13(18)15(16)11-6-5-8-19-12(11)14(15,2)3/h10-12H,5-9,16H2,1-4H3,(H,17,18). The largest absolute Gasteiger partial charge is 0.377 e. The number of hydrogen-bond donors (Lipinski definition) is 2. The van der Waals surface area contributed by atoms with Crippen molar-refractivity contribution < 1.29 is 9.53 Å². The molecule has 0 aromatic heterocycles. The van der Waals surface area contributed by atoms with Gasteiger partial charge in [0.15, 0.2) is 0 Å². The summed E-state index contributed by atoms with van der Waals surface area (Å²) in [6, 6.07) is 0.176. The van der Waals surface area contributed by atoms with E-state index in [0.29, 0.717) is 0 Å². The third-order valence-electron chi connectivity index (χ3n) is 5.19. The van der Waals surface area contributed by atoms with Crippen molar-refractivity contribution in [3.05, 3.63) is 0 Å². The Morgan fingerprint density at radius 2 is 2.25 bits per heavy atom. The summed E-state index contributed by atoms with van der Waals surface area (Å²) in [6.07, 6.45) is 5.20. The van der Waals surface area contributed by atoms with E-state index in [2.05, 4.69) is 32.3 Å². The number of fused-ring (bicyclic) bond motifs is 1. The maximum Gasteiger partial charge on any atom is 0.241 e. The molecule has 0 spiro atoms. The number of nitrogens with one attached hydrogen (secondary N) is 1. The maximum absolute atomic E-state index is 12.7. The van der Waals surface area contributed by atoms with E-state index in [-0.39, 0.29) is 29.4 Å². The first-order valence-corrected chi connectivity index (χ1v) is 8.95. The van der Waals surface area contributed by atoms with Crippen LogP contribution in [-0.2, 0) is 9.53 Å². The van der Waals surface area contributed by atoms with Crippen LogP contribution >= 0.6 is 11.8 Å².